The highest BCUT2D eigenvalue weighted by Gasteiger charge is 2.04. The summed E-state index contributed by atoms with van der Waals surface area (Å²) in [7, 11) is 0. The summed E-state index contributed by atoms with van der Waals surface area (Å²) in [5.74, 6) is 0.299. The summed E-state index contributed by atoms with van der Waals surface area (Å²) in [5, 5.41) is 2.96. The topological polar surface area (TPSA) is 12.9 Å². The van der Waals surface area contributed by atoms with Crippen LogP contribution in [0, 0.1) is 5.82 Å². The van der Waals surface area contributed by atoms with Crippen molar-refractivity contribution in [3.05, 3.63) is 51.7 Å². The lowest BCUT2D eigenvalue weighted by molar-refractivity contribution is 0.608. The van der Waals surface area contributed by atoms with Gasteiger partial charge in [0.1, 0.15) is 5.82 Å². The molecule has 2 aromatic rings. The molecule has 0 radical (unpaired) electrons. The molecule has 2 rings (SSSR count). The molecule has 1 heterocycles. The Bertz CT molecular complexity index is 470. The van der Waals surface area contributed by atoms with E-state index in [9.17, 15) is 4.39 Å². The minimum Gasteiger partial charge on any atom is -0.245 e. The van der Waals surface area contributed by atoms with Crippen molar-refractivity contribution >= 4 is 22.9 Å². The number of thiazole rings is 1. The Balaban J connectivity index is 1.99. The zero-order valence-corrected chi connectivity index (χ0v) is 10.2. The first-order valence-corrected chi connectivity index (χ1v) is 6.43. The van der Waals surface area contributed by atoms with Gasteiger partial charge in [-0.3, -0.25) is 0 Å². The Labute approximate surface area is 103 Å². The molecule has 0 aliphatic rings. The number of nitrogens with zero attached hydrogens (tertiary/aromatic N) is 1. The van der Waals surface area contributed by atoms with Gasteiger partial charge < -0.3 is 0 Å². The molecule has 1 nitrogen and oxygen atoms in total. The summed E-state index contributed by atoms with van der Waals surface area (Å²) in [6.07, 6.45) is 1.45. The number of hydrogen-bond donors (Lipinski definition) is 0. The fourth-order valence-electron chi connectivity index (χ4n) is 1.47. The molecule has 0 saturated heterocycles. The maximum atomic E-state index is 13.3. The summed E-state index contributed by atoms with van der Waals surface area (Å²) in [4.78, 5) is 4.34. The molecule has 0 saturated carbocycles. The van der Waals surface area contributed by atoms with Crippen molar-refractivity contribution in [3.8, 4) is 0 Å². The Hall–Kier alpha value is -0.930. The van der Waals surface area contributed by atoms with Crippen LogP contribution in [0.4, 0.5) is 4.39 Å². The smallest absolute Gasteiger partial charge is 0.126 e. The molecule has 1 aromatic carbocycles. The van der Waals surface area contributed by atoms with E-state index < -0.39 is 0 Å². The first kappa shape index (κ1) is 11.6. The minimum absolute atomic E-state index is 0.142. The molecule has 0 aliphatic carbocycles. The van der Waals surface area contributed by atoms with Crippen LogP contribution in [-0.4, -0.2) is 4.98 Å². The van der Waals surface area contributed by atoms with Crippen molar-refractivity contribution in [2.45, 2.75) is 18.7 Å². The van der Waals surface area contributed by atoms with Crippen LogP contribution >= 0.6 is 22.9 Å². The summed E-state index contributed by atoms with van der Waals surface area (Å²) in [5.41, 5.74) is 1.64. The average molecular weight is 256 g/mol. The van der Waals surface area contributed by atoms with E-state index in [4.69, 9.17) is 11.6 Å². The van der Waals surface area contributed by atoms with Crippen LogP contribution in [-0.2, 0) is 18.7 Å². The number of benzene rings is 1. The number of alkyl halides is 1. The molecule has 84 valence electrons. The maximum Gasteiger partial charge on any atom is 0.126 e. The predicted octanol–water partition coefficient (Wildman–Crippen LogP) is 3.81. The lowest BCUT2D eigenvalue weighted by atomic mass is 10.1. The first-order chi connectivity index (χ1) is 7.79. The van der Waals surface area contributed by atoms with Crippen molar-refractivity contribution in [3.63, 3.8) is 0 Å². The van der Waals surface area contributed by atoms with Crippen LogP contribution in [0.25, 0.3) is 0 Å². The Morgan fingerprint density at radius 1 is 1.25 bits per heavy atom. The van der Waals surface area contributed by atoms with Crippen LogP contribution in [0.3, 0.4) is 0 Å². The van der Waals surface area contributed by atoms with Crippen LogP contribution in [0.2, 0.25) is 0 Å². The fraction of sp³-hybridized carbons (Fsp3) is 0.250. The van der Waals surface area contributed by atoms with Crippen molar-refractivity contribution in [2.24, 2.45) is 0 Å². The number of hydrogen-bond acceptors (Lipinski definition) is 2. The maximum absolute atomic E-state index is 13.3. The van der Waals surface area contributed by atoms with E-state index in [1.165, 1.54) is 6.07 Å². The lowest BCUT2D eigenvalue weighted by Gasteiger charge is -2.00. The highest BCUT2D eigenvalue weighted by molar-refractivity contribution is 7.09. The zero-order chi connectivity index (χ0) is 11.4. The number of aryl methyl sites for hydroxylation is 2. The zero-order valence-electron chi connectivity index (χ0n) is 8.62. The third-order valence-electron chi connectivity index (χ3n) is 2.30. The lowest BCUT2D eigenvalue weighted by Crippen LogP contribution is -1.94. The number of aromatic nitrogens is 1. The summed E-state index contributed by atoms with van der Waals surface area (Å²) < 4.78 is 13.3. The quantitative estimate of drug-likeness (QED) is 0.757. The van der Waals surface area contributed by atoms with Gasteiger partial charge >= 0.3 is 0 Å². The molecule has 0 N–H and O–H groups in total. The number of rotatable bonds is 4. The summed E-state index contributed by atoms with van der Waals surface area (Å²) in [6, 6.07) is 6.85. The largest absolute Gasteiger partial charge is 0.245 e. The van der Waals surface area contributed by atoms with Crippen molar-refractivity contribution in [2.75, 3.05) is 0 Å². The van der Waals surface area contributed by atoms with Gasteiger partial charge in [0.2, 0.25) is 0 Å². The molecule has 0 bridgehead atoms. The molecule has 0 spiro atoms. The Kier molecular flexibility index (Phi) is 3.91. The van der Waals surface area contributed by atoms with E-state index in [0.717, 1.165) is 22.7 Å². The second kappa shape index (κ2) is 5.41. The monoisotopic (exact) mass is 255 g/mol. The van der Waals surface area contributed by atoms with E-state index in [1.54, 1.807) is 17.4 Å². The second-order valence-corrected chi connectivity index (χ2v) is 4.67. The molecule has 4 heteroatoms. The molecule has 16 heavy (non-hydrogen) atoms. The normalized spacial score (nSPS) is 10.6. The van der Waals surface area contributed by atoms with Gasteiger partial charge in [0.05, 0.1) is 16.6 Å². The number of halogens is 2. The summed E-state index contributed by atoms with van der Waals surface area (Å²) in [6.45, 7) is 0. The van der Waals surface area contributed by atoms with Gasteiger partial charge in [0, 0.05) is 11.8 Å². The van der Waals surface area contributed by atoms with Crippen LogP contribution in [0.5, 0.6) is 0 Å². The van der Waals surface area contributed by atoms with Crippen molar-refractivity contribution in [1.29, 1.82) is 0 Å². The standard InChI is InChI=1S/C12H11ClFNS/c13-7-10-8-16-12(15-10)6-5-9-3-1-2-4-11(9)14/h1-4,8H,5-7H2. The van der Waals surface area contributed by atoms with E-state index in [-0.39, 0.29) is 5.82 Å². The van der Waals surface area contributed by atoms with Crippen LogP contribution in [0.15, 0.2) is 29.6 Å². The SMILES string of the molecule is Fc1ccccc1CCc1nc(CCl)cs1. The van der Waals surface area contributed by atoms with E-state index in [2.05, 4.69) is 4.98 Å². The Morgan fingerprint density at radius 3 is 2.75 bits per heavy atom. The molecular formula is C12H11ClFNS. The third-order valence-corrected chi connectivity index (χ3v) is 3.53. The van der Waals surface area contributed by atoms with Crippen LogP contribution < -0.4 is 0 Å². The van der Waals surface area contributed by atoms with Gasteiger partial charge in [-0.25, -0.2) is 9.37 Å². The van der Waals surface area contributed by atoms with Crippen molar-refractivity contribution in [1.82, 2.24) is 4.98 Å². The van der Waals surface area contributed by atoms with Crippen LogP contribution in [0.1, 0.15) is 16.3 Å². The molecule has 1 aromatic heterocycles. The summed E-state index contributed by atoms with van der Waals surface area (Å²) >= 11 is 7.25. The van der Waals surface area contributed by atoms with Gasteiger partial charge in [-0.15, -0.1) is 22.9 Å². The molecule has 0 amide bonds. The van der Waals surface area contributed by atoms with E-state index in [0.29, 0.717) is 12.3 Å². The van der Waals surface area contributed by atoms with Gasteiger partial charge in [0.15, 0.2) is 0 Å². The third kappa shape index (κ3) is 2.80. The highest BCUT2D eigenvalue weighted by Crippen LogP contribution is 2.15. The average Bonchev–Trinajstić information content (AvgIpc) is 2.76. The molecular weight excluding hydrogens is 245 g/mol. The van der Waals surface area contributed by atoms with Gasteiger partial charge in [0.25, 0.3) is 0 Å². The first-order valence-electron chi connectivity index (χ1n) is 5.02. The van der Waals surface area contributed by atoms with Gasteiger partial charge in [-0.05, 0) is 18.1 Å². The molecule has 0 unspecified atom stereocenters. The minimum atomic E-state index is -0.142. The van der Waals surface area contributed by atoms with Gasteiger partial charge in [-0.1, -0.05) is 18.2 Å². The predicted molar refractivity (Wildman–Crippen MR) is 65.5 cm³/mol. The molecule has 0 atom stereocenters. The highest BCUT2D eigenvalue weighted by atomic mass is 35.5. The van der Waals surface area contributed by atoms with E-state index in [1.807, 2.05) is 17.5 Å². The second-order valence-electron chi connectivity index (χ2n) is 3.46. The van der Waals surface area contributed by atoms with Gasteiger partial charge in [-0.2, -0.15) is 0 Å². The Morgan fingerprint density at radius 2 is 2.06 bits per heavy atom. The van der Waals surface area contributed by atoms with Crippen molar-refractivity contribution < 1.29 is 4.39 Å². The molecule has 0 fully saturated rings. The fourth-order valence-corrected chi connectivity index (χ4v) is 2.49. The van der Waals surface area contributed by atoms with E-state index >= 15 is 0 Å². The molecule has 0 aliphatic heterocycles.